The van der Waals surface area contributed by atoms with Crippen LogP contribution < -0.4 is 0 Å². The second-order valence-electron chi connectivity index (χ2n) is 6.16. The van der Waals surface area contributed by atoms with E-state index in [4.69, 9.17) is 0 Å². The fourth-order valence-corrected chi connectivity index (χ4v) is 2.89. The van der Waals surface area contributed by atoms with Crippen LogP contribution in [0.4, 0.5) is 19.0 Å². The Labute approximate surface area is 151 Å². The average Bonchev–Trinajstić information content (AvgIpc) is 3.12. The van der Waals surface area contributed by atoms with Gasteiger partial charge in [0.1, 0.15) is 0 Å². The zero-order chi connectivity index (χ0) is 19.6. The van der Waals surface area contributed by atoms with Crippen molar-refractivity contribution in [1.82, 2.24) is 20.0 Å². The normalized spacial score (nSPS) is 15.7. The summed E-state index contributed by atoms with van der Waals surface area (Å²) >= 11 is 0. The number of amides is 1. The molecule has 1 fully saturated rings. The number of nitrogens with zero attached hydrogens (tertiary/aromatic N) is 4. The maximum Gasteiger partial charge on any atom is 0.416 e. The molecule has 1 amide bonds. The summed E-state index contributed by atoms with van der Waals surface area (Å²) in [7, 11) is 0. The number of rotatable bonds is 4. The molecule has 0 spiro atoms. The van der Waals surface area contributed by atoms with Gasteiger partial charge >= 0.3 is 12.0 Å². The first kappa shape index (κ1) is 18.8. The molecule has 1 aliphatic rings. The van der Waals surface area contributed by atoms with Crippen molar-refractivity contribution < 1.29 is 22.9 Å². The van der Waals surface area contributed by atoms with Crippen LogP contribution in [-0.2, 0) is 12.7 Å². The lowest BCUT2D eigenvalue weighted by molar-refractivity contribution is -0.389. The van der Waals surface area contributed by atoms with E-state index in [1.165, 1.54) is 11.0 Å². The number of H-pyrrole nitrogens is 1. The molecule has 0 saturated carbocycles. The highest BCUT2D eigenvalue weighted by atomic mass is 19.4. The molecule has 3 rings (SSSR count). The number of hydrogen-bond acceptors (Lipinski definition) is 5. The molecule has 1 saturated heterocycles. The Bertz CT molecular complexity index is 844. The first-order chi connectivity index (χ1) is 12.7. The summed E-state index contributed by atoms with van der Waals surface area (Å²) in [4.78, 5) is 25.8. The Morgan fingerprint density at radius 2 is 1.93 bits per heavy atom. The lowest BCUT2D eigenvalue weighted by Gasteiger charge is -2.34. The lowest BCUT2D eigenvalue weighted by Crippen LogP contribution is -2.48. The van der Waals surface area contributed by atoms with Gasteiger partial charge in [-0.1, -0.05) is 23.3 Å². The summed E-state index contributed by atoms with van der Waals surface area (Å²) in [5.41, 5.74) is -0.172. The van der Waals surface area contributed by atoms with Crippen molar-refractivity contribution in [3.8, 4) is 0 Å². The fraction of sp³-hybridized carbons (Fsp3) is 0.375. The molecule has 2 aromatic rings. The standard InChI is InChI=1S/C16H16F3N5O3/c17-16(18,19)12-3-1-2-11(8-12)10-22-4-6-23(7-5-22)15(25)13-9-14(21-20-13)24(26)27/h1-3,8-9H,4-7,10H2,(H,20,21). The van der Waals surface area contributed by atoms with Gasteiger partial charge in [-0.25, -0.2) is 0 Å². The highest BCUT2D eigenvalue weighted by Gasteiger charge is 2.31. The molecular formula is C16H16F3N5O3. The van der Waals surface area contributed by atoms with E-state index in [0.29, 0.717) is 38.3 Å². The predicted octanol–water partition coefficient (Wildman–Crippen LogP) is 2.29. The van der Waals surface area contributed by atoms with Crippen LogP contribution in [-0.4, -0.2) is 57.0 Å². The highest BCUT2D eigenvalue weighted by Crippen LogP contribution is 2.29. The van der Waals surface area contributed by atoms with Crippen LogP contribution in [0.15, 0.2) is 30.3 Å². The molecule has 1 aliphatic heterocycles. The van der Waals surface area contributed by atoms with Gasteiger partial charge in [-0.3, -0.25) is 9.69 Å². The minimum absolute atomic E-state index is 0.0342. The van der Waals surface area contributed by atoms with Crippen LogP contribution in [0.3, 0.4) is 0 Å². The number of benzene rings is 1. The molecule has 144 valence electrons. The van der Waals surface area contributed by atoms with Crippen LogP contribution >= 0.6 is 0 Å². The Morgan fingerprint density at radius 1 is 1.22 bits per heavy atom. The molecule has 0 radical (unpaired) electrons. The summed E-state index contributed by atoms with van der Waals surface area (Å²) in [6.07, 6.45) is -4.38. The number of carbonyl (C=O) groups excluding carboxylic acids is 1. The number of carbonyl (C=O) groups is 1. The number of hydrogen-bond donors (Lipinski definition) is 1. The first-order valence-corrected chi connectivity index (χ1v) is 8.11. The molecule has 1 aromatic heterocycles. The molecule has 0 atom stereocenters. The average molecular weight is 383 g/mol. The summed E-state index contributed by atoms with van der Waals surface area (Å²) in [6.45, 7) is 2.03. The Balaban J connectivity index is 1.57. The fourth-order valence-electron chi connectivity index (χ4n) is 2.89. The summed E-state index contributed by atoms with van der Waals surface area (Å²) in [6, 6.07) is 6.25. The smallest absolute Gasteiger partial charge is 0.358 e. The quantitative estimate of drug-likeness (QED) is 0.646. The van der Waals surface area contributed by atoms with E-state index in [0.717, 1.165) is 18.2 Å². The van der Waals surface area contributed by atoms with Crippen molar-refractivity contribution in [2.24, 2.45) is 0 Å². The monoisotopic (exact) mass is 383 g/mol. The van der Waals surface area contributed by atoms with Gasteiger partial charge in [-0.05, 0) is 16.6 Å². The maximum absolute atomic E-state index is 12.8. The van der Waals surface area contributed by atoms with E-state index >= 15 is 0 Å². The van der Waals surface area contributed by atoms with Gasteiger partial charge in [0, 0.05) is 32.7 Å². The van der Waals surface area contributed by atoms with Gasteiger partial charge < -0.3 is 15.0 Å². The van der Waals surface area contributed by atoms with E-state index in [1.807, 2.05) is 4.90 Å². The van der Waals surface area contributed by atoms with E-state index in [9.17, 15) is 28.1 Å². The van der Waals surface area contributed by atoms with Gasteiger partial charge in [-0.2, -0.15) is 13.2 Å². The number of nitro groups is 1. The van der Waals surface area contributed by atoms with Gasteiger partial charge in [0.15, 0.2) is 5.69 Å². The molecule has 1 aromatic carbocycles. The van der Waals surface area contributed by atoms with Gasteiger partial charge in [0.2, 0.25) is 0 Å². The number of nitrogens with one attached hydrogen (secondary N) is 1. The van der Waals surface area contributed by atoms with Crippen molar-refractivity contribution in [2.75, 3.05) is 26.2 Å². The minimum atomic E-state index is -4.38. The second-order valence-corrected chi connectivity index (χ2v) is 6.16. The van der Waals surface area contributed by atoms with Gasteiger partial charge in [-0.15, -0.1) is 5.10 Å². The molecule has 11 heteroatoms. The number of aromatic amines is 1. The number of alkyl halides is 3. The molecule has 2 heterocycles. The molecule has 27 heavy (non-hydrogen) atoms. The van der Waals surface area contributed by atoms with Crippen molar-refractivity contribution in [3.63, 3.8) is 0 Å². The largest absolute Gasteiger partial charge is 0.416 e. The molecular weight excluding hydrogens is 367 g/mol. The summed E-state index contributed by atoms with van der Waals surface area (Å²) < 4.78 is 38.4. The lowest BCUT2D eigenvalue weighted by atomic mass is 10.1. The van der Waals surface area contributed by atoms with Crippen molar-refractivity contribution >= 4 is 11.7 Å². The zero-order valence-corrected chi connectivity index (χ0v) is 14.1. The van der Waals surface area contributed by atoms with Crippen molar-refractivity contribution in [1.29, 1.82) is 0 Å². The highest BCUT2D eigenvalue weighted by molar-refractivity contribution is 5.92. The molecule has 0 bridgehead atoms. The van der Waals surface area contributed by atoms with E-state index in [-0.39, 0.29) is 11.5 Å². The van der Waals surface area contributed by atoms with E-state index in [1.54, 1.807) is 6.07 Å². The van der Waals surface area contributed by atoms with E-state index < -0.39 is 22.6 Å². The second kappa shape index (κ2) is 7.35. The Morgan fingerprint density at radius 3 is 2.52 bits per heavy atom. The van der Waals surface area contributed by atoms with Gasteiger partial charge in [0.05, 0.1) is 11.6 Å². The molecule has 0 unspecified atom stereocenters. The van der Waals surface area contributed by atoms with Crippen LogP contribution in [0.2, 0.25) is 0 Å². The Kier molecular flexibility index (Phi) is 5.13. The predicted molar refractivity (Wildman–Crippen MR) is 87.9 cm³/mol. The van der Waals surface area contributed by atoms with Crippen molar-refractivity contribution in [3.05, 3.63) is 57.3 Å². The SMILES string of the molecule is O=C(c1cc([N+](=O)[O-])[nH]n1)N1CCN(Cc2cccc(C(F)(F)F)c2)CC1. The summed E-state index contributed by atoms with van der Waals surface area (Å²) in [5.74, 6) is -0.778. The van der Waals surface area contributed by atoms with Crippen LogP contribution in [0, 0.1) is 10.1 Å². The van der Waals surface area contributed by atoms with Crippen molar-refractivity contribution in [2.45, 2.75) is 12.7 Å². The number of aromatic nitrogens is 2. The van der Waals surface area contributed by atoms with Crippen LogP contribution in [0.25, 0.3) is 0 Å². The van der Waals surface area contributed by atoms with E-state index in [2.05, 4.69) is 10.2 Å². The number of piperazine rings is 1. The topological polar surface area (TPSA) is 95.4 Å². The zero-order valence-electron chi connectivity index (χ0n) is 14.1. The maximum atomic E-state index is 12.8. The Hall–Kier alpha value is -2.95. The molecule has 1 N–H and O–H groups in total. The number of halogens is 3. The third-order valence-electron chi connectivity index (χ3n) is 4.30. The molecule has 0 aliphatic carbocycles. The third-order valence-corrected chi connectivity index (χ3v) is 4.30. The van der Waals surface area contributed by atoms with Crippen LogP contribution in [0.5, 0.6) is 0 Å². The minimum Gasteiger partial charge on any atom is -0.358 e. The third kappa shape index (κ3) is 4.42. The molecule has 8 nitrogen and oxygen atoms in total. The van der Waals surface area contributed by atoms with Gasteiger partial charge in [0.25, 0.3) is 5.91 Å². The first-order valence-electron chi connectivity index (χ1n) is 8.11. The van der Waals surface area contributed by atoms with Crippen LogP contribution in [0.1, 0.15) is 21.6 Å². The summed E-state index contributed by atoms with van der Waals surface area (Å²) in [5, 5.41) is 16.5.